The second kappa shape index (κ2) is 8.43. The van der Waals surface area contributed by atoms with Crippen molar-refractivity contribution in [3.8, 4) is 0 Å². The second-order valence-electron chi connectivity index (χ2n) is 5.49. The number of nitrogens with zero attached hydrogens (tertiary/aromatic N) is 5. The van der Waals surface area contributed by atoms with Gasteiger partial charge in [-0.2, -0.15) is 4.99 Å². The van der Waals surface area contributed by atoms with Crippen molar-refractivity contribution in [1.82, 2.24) is 9.80 Å². The Morgan fingerprint density at radius 2 is 2.16 bits per heavy atom. The number of hydrogen-bond donors (Lipinski definition) is 2. The average molecular weight is 373 g/mol. The molecule has 2 rings (SSSR count). The van der Waals surface area contributed by atoms with Crippen molar-refractivity contribution in [2.24, 2.45) is 15.0 Å². The molecule has 0 aromatic rings. The number of carbonyl (C=O) groups is 2. The van der Waals surface area contributed by atoms with Gasteiger partial charge in [-0.3, -0.25) is 19.1 Å². The number of esters is 1. The summed E-state index contributed by atoms with van der Waals surface area (Å²) >= 11 is 0. The lowest BCUT2D eigenvalue weighted by Crippen LogP contribution is -2.42. The third-order valence-electron chi connectivity index (χ3n) is 3.73. The Hall–Kier alpha value is -1.94. The minimum absolute atomic E-state index is 0.112. The topological polar surface area (TPSA) is 144 Å². The fraction of sp³-hybridized carbons (Fsp3) is 0.615. The summed E-state index contributed by atoms with van der Waals surface area (Å²) < 4.78 is 15.7. The molecule has 12 heteroatoms. The van der Waals surface area contributed by atoms with Gasteiger partial charge < -0.3 is 24.3 Å². The summed E-state index contributed by atoms with van der Waals surface area (Å²) in [4.78, 5) is 56.1. The van der Waals surface area contributed by atoms with Crippen LogP contribution in [0.5, 0.6) is 0 Å². The maximum absolute atomic E-state index is 11.6. The van der Waals surface area contributed by atoms with Crippen LogP contribution in [0.2, 0.25) is 0 Å². The predicted molar refractivity (Wildman–Crippen MR) is 89.9 cm³/mol. The molecule has 1 amide bonds. The predicted octanol–water partition coefficient (Wildman–Crippen LogP) is -1.29. The molecular weight excluding hydrogens is 353 g/mol. The third-order valence-corrected chi connectivity index (χ3v) is 4.51. The first-order valence-corrected chi connectivity index (χ1v) is 9.37. The second-order valence-corrected chi connectivity index (χ2v) is 7.26. The Morgan fingerprint density at radius 1 is 1.40 bits per heavy atom. The van der Waals surface area contributed by atoms with E-state index in [-0.39, 0.29) is 25.0 Å². The number of amidine groups is 1. The molecule has 0 saturated heterocycles. The van der Waals surface area contributed by atoms with Gasteiger partial charge in [0.25, 0.3) is 5.91 Å². The molecule has 2 aliphatic rings. The molecule has 25 heavy (non-hydrogen) atoms. The molecular formula is C13H20N5O6P. The highest BCUT2D eigenvalue weighted by Crippen LogP contribution is 2.33. The largest absolute Gasteiger partial charge is 0.469 e. The number of carbonyl (C=O) groups excluding carboxylic acids is 2. The lowest BCUT2D eigenvalue weighted by molar-refractivity contribution is -0.141. The number of ether oxygens (including phenoxy) is 1. The SMILES string of the molecule is COC(=O)CCN(CCN1C=NC2C(=O)N=CN=C21)CCP(=O)(O)O. The van der Waals surface area contributed by atoms with Crippen LogP contribution in [0.1, 0.15) is 6.42 Å². The van der Waals surface area contributed by atoms with Gasteiger partial charge in [0.15, 0.2) is 6.04 Å². The summed E-state index contributed by atoms with van der Waals surface area (Å²) in [6, 6.07) is -0.719. The van der Waals surface area contributed by atoms with Crippen molar-refractivity contribution in [3.05, 3.63) is 0 Å². The fourth-order valence-corrected chi connectivity index (χ4v) is 2.89. The maximum Gasteiger partial charge on any atom is 0.326 e. The van der Waals surface area contributed by atoms with Crippen LogP contribution in [-0.4, -0.2) is 95.5 Å². The highest BCUT2D eigenvalue weighted by Gasteiger charge is 2.33. The summed E-state index contributed by atoms with van der Waals surface area (Å²) in [7, 11) is -2.86. The van der Waals surface area contributed by atoms with Crippen molar-refractivity contribution >= 4 is 38.0 Å². The van der Waals surface area contributed by atoms with Gasteiger partial charge in [-0.05, 0) is 0 Å². The molecule has 11 nitrogen and oxygen atoms in total. The van der Waals surface area contributed by atoms with Gasteiger partial charge >= 0.3 is 13.6 Å². The number of aliphatic imine (C=N–C) groups is 3. The lowest BCUT2D eigenvalue weighted by Gasteiger charge is -2.25. The maximum atomic E-state index is 11.6. The molecule has 2 N–H and O–H groups in total. The van der Waals surface area contributed by atoms with Crippen LogP contribution in [0.4, 0.5) is 0 Å². The van der Waals surface area contributed by atoms with Gasteiger partial charge in [0, 0.05) is 26.2 Å². The molecule has 138 valence electrons. The molecule has 2 heterocycles. The Balaban J connectivity index is 1.92. The van der Waals surface area contributed by atoms with Crippen LogP contribution >= 0.6 is 7.60 Å². The quantitative estimate of drug-likeness (QED) is 0.375. The summed E-state index contributed by atoms with van der Waals surface area (Å²) in [5, 5.41) is 0. The molecule has 0 aliphatic carbocycles. The van der Waals surface area contributed by atoms with E-state index < -0.39 is 19.6 Å². The molecule has 0 saturated carbocycles. The van der Waals surface area contributed by atoms with Gasteiger partial charge in [0.2, 0.25) is 0 Å². The molecule has 0 fully saturated rings. The summed E-state index contributed by atoms with van der Waals surface area (Å²) in [5.74, 6) is -0.307. The molecule has 0 aromatic carbocycles. The summed E-state index contributed by atoms with van der Waals surface area (Å²) in [5.41, 5.74) is 0. The number of fused-ring (bicyclic) bond motifs is 1. The Bertz CT molecular complexity index is 657. The van der Waals surface area contributed by atoms with Gasteiger partial charge in [-0.25, -0.2) is 4.99 Å². The molecule has 0 aromatic heterocycles. The van der Waals surface area contributed by atoms with Crippen LogP contribution < -0.4 is 0 Å². The van der Waals surface area contributed by atoms with Gasteiger partial charge in [-0.1, -0.05) is 0 Å². The van der Waals surface area contributed by atoms with Gasteiger partial charge in [0.05, 0.1) is 26.0 Å². The van der Waals surface area contributed by atoms with E-state index in [0.717, 1.165) is 0 Å². The molecule has 1 atom stereocenters. The summed E-state index contributed by atoms with van der Waals surface area (Å²) in [6.07, 6.45) is 2.48. The fourth-order valence-electron chi connectivity index (χ4n) is 2.34. The first-order valence-electron chi connectivity index (χ1n) is 7.58. The zero-order valence-electron chi connectivity index (χ0n) is 13.7. The van der Waals surface area contributed by atoms with Crippen molar-refractivity contribution in [3.63, 3.8) is 0 Å². The summed E-state index contributed by atoms with van der Waals surface area (Å²) in [6.45, 7) is 1.23. The van der Waals surface area contributed by atoms with Crippen molar-refractivity contribution < 1.29 is 28.7 Å². The average Bonchev–Trinajstić information content (AvgIpc) is 2.97. The number of hydrogen-bond acceptors (Lipinski definition) is 8. The van der Waals surface area contributed by atoms with Gasteiger partial charge in [-0.15, -0.1) is 0 Å². The van der Waals surface area contributed by atoms with Crippen LogP contribution in [0.3, 0.4) is 0 Å². The molecule has 0 spiro atoms. The normalized spacial score (nSPS) is 19.4. The number of rotatable bonds is 9. The zero-order chi connectivity index (χ0) is 18.4. The minimum atomic E-state index is -4.14. The number of amides is 1. The molecule has 2 aliphatic heterocycles. The van der Waals surface area contributed by atoms with E-state index in [1.807, 2.05) is 0 Å². The van der Waals surface area contributed by atoms with Crippen molar-refractivity contribution in [2.75, 3.05) is 39.5 Å². The van der Waals surface area contributed by atoms with Crippen molar-refractivity contribution in [1.29, 1.82) is 0 Å². The van der Waals surface area contributed by atoms with E-state index >= 15 is 0 Å². The first kappa shape index (κ1) is 19.4. The first-order chi connectivity index (χ1) is 11.8. The number of methoxy groups -OCH3 is 1. The van der Waals surface area contributed by atoms with Crippen molar-refractivity contribution in [2.45, 2.75) is 12.5 Å². The molecule has 0 bridgehead atoms. The van der Waals surface area contributed by atoms with Crippen LogP contribution in [0, 0.1) is 0 Å². The smallest absolute Gasteiger partial charge is 0.326 e. The van der Waals surface area contributed by atoms with E-state index in [1.54, 1.807) is 9.80 Å². The Morgan fingerprint density at radius 3 is 2.84 bits per heavy atom. The van der Waals surface area contributed by atoms with E-state index in [4.69, 9.17) is 9.79 Å². The monoisotopic (exact) mass is 373 g/mol. The van der Waals surface area contributed by atoms with Gasteiger partial charge in [0.1, 0.15) is 12.2 Å². The van der Waals surface area contributed by atoms with E-state index in [0.29, 0.717) is 25.5 Å². The molecule has 0 radical (unpaired) electrons. The molecule has 1 unspecified atom stereocenters. The zero-order valence-corrected chi connectivity index (χ0v) is 14.6. The van der Waals surface area contributed by atoms with E-state index in [9.17, 15) is 14.2 Å². The lowest BCUT2D eigenvalue weighted by atomic mass is 10.2. The minimum Gasteiger partial charge on any atom is -0.469 e. The highest BCUT2D eigenvalue weighted by molar-refractivity contribution is 7.51. The Kier molecular flexibility index (Phi) is 6.54. The third kappa shape index (κ3) is 5.82. The van der Waals surface area contributed by atoms with Crippen LogP contribution in [-0.2, 0) is 18.9 Å². The van der Waals surface area contributed by atoms with E-state index in [2.05, 4.69) is 19.7 Å². The standard InChI is InChI=1S/C13H20N5O6P/c1-24-10(19)2-3-17(6-7-25(21,22)23)4-5-18-9-16-11-12(18)14-8-15-13(11)20/h8-9,11H,2-7H2,1H3,(H2,21,22,23). The highest BCUT2D eigenvalue weighted by atomic mass is 31.2. The van der Waals surface area contributed by atoms with Crippen LogP contribution in [0.25, 0.3) is 0 Å². The Labute approximate surface area is 144 Å². The van der Waals surface area contributed by atoms with Crippen LogP contribution in [0.15, 0.2) is 15.0 Å². The van der Waals surface area contributed by atoms with E-state index in [1.165, 1.54) is 19.8 Å².